The highest BCUT2D eigenvalue weighted by Gasteiger charge is 2.35. The van der Waals surface area contributed by atoms with Crippen LogP contribution in [0, 0.1) is 0 Å². The Hall–Kier alpha value is -2.76. The first-order valence-corrected chi connectivity index (χ1v) is 15.3. The highest BCUT2D eigenvalue weighted by Crippen LogP contribution is 2.40. The molecule has 3 heterocycles. The van der Waals surface area contributed by atoms with Gasteiger partial charge < -0.3 is 29.7 Å². The number of morpholine rings is 1. The Labute approximate surface area is 247 Å². The number of nitrogens with one attached hydrogen (secondary N) is 2. The number of carbonyl (C=O) groups is 1. The first-order valence-electron chi connectivity index (χ1n) is 14.4. The van der Waals surface area contributed by atoms with Crippen LogP contribution in [-0.2, 0) is 20.8 Å². The fourth-order valence-corrected chi connectivity index (χ4v) is 6.23. The van der Waals surface area contributed by atoms with Crippen molar-refractivity contribution in [2.45, 2.75) is 50.8 Å². The van der Waals surface area contributed by atoms with Crippen LogP contribution < -0.4 is 15.5 Å². The summed E-state index contributed by atoms with van der Waals surface area (Å²) in [5, 5.41) is 9.76. The Balaban J connectivity index is 1.39. The molecule has 0 radical (unpaired) electrons. The number of hydrogen-bond donors (Lipinski definition) is 2. The van der Waals surface area contributed by atoms with Gasteiger partial charge in [-0.15, -0.1) is 17.9 Å². The third kappa shape index (κ3) is 6.84. The molecule has 2 aromatic rings. The van der Waals surface area contributed by atoms with Crippen LogP contribution in [0.2, 0.25) is 0 Å². The summed E-state index contributed by atoms with van der Waals surface area (Å²) in [4.78, 5) is 23.1. The summed E-state index contributed by atoms with van der Waals surface area (Å²) in [5.74, 6) is -0.130. The van der Waals surface area contributed by atoms with Crippen molar-refractivity contribution >= 4 is 33.8 Å². The lowest BCUT2D eigenvalue weighted by molar-refractivity contribution is -0.0407. The van der Waals surface area contributed by atoms with Crippen molar-refractivity contribution in [3.8, 4) is 0 Å². The fraction of sp³-hybridized carbons (Fsp3) is 0.548. The second-order valence-corrected chi connectivity index (χ2v) is 12.4. The van der Waals surface area contributed by atoms with Crippen molar-refractivity contribution < 1.29 is 19.0 Å². The number of amides is 1. The predicted octanol–water partition coefficient (Wildman–Crippen LogP) is 4.53. The van der Waals surface area contributed by atoms with Gasteiger partial charge in [0, 0.05) is 52.3 Å². The van der Waals surface area contributed by atoms with Crippen LogP contribution in [0.15, 0.2) is 41.8 Å². The molecule has 1 amide bonds. The van der Waals surface area contributed by atoms with Gasteiger partial charge in [0.1, 0.15) is 0 Å². The van der Waals surface area contributed by atoms with Gasteiger partial charge in [0.25, 0.3) is 5.91 Å². The smallest absolute Gasteiger partial charge is 0.253 e. The molecule has 3 aliphatic rings. The van der Waals surface area contributed by atoms with Crippen LogP contribution in [0.25, 0.3) is 5.70 Å². The maximum absolute atomic E-state index is 13.4. The molecule has 3 fully saturated rings. The van der Waals surface area contributed by atoms with Gasteiger partial charge in [-0.25, -0.2) is 4.98 Å². The highest BCUT2D eigenvalue weighted by atomic mass is 32.1. The van der Waals surface area contributed by atoms with E-state index in [2.05, 4.69) is 52.3 Å². The van der Waals surface area contributed by atoms with Gasteiger partial charge >= 0.3 is 0 Å². The van der Waals surface area contributed by atoms with Gasteiger partial charge in [-0.3, -0.25) is 9.69 Å². The zero-order valence-electron chi connectivity index (χ0n) is 24.8. The molecule has 2 aliphatic heterocycles. The maximum Gasteiger partial charge on any atom is 0.253 e. The molecule has 222 valence electrons. The van der Waals surface area contributed by atoms with Crippen LogP contribution in [0.5, 0.6) is 0 Å². The molecule has 1 aliphatic carbocycles. The summed E-state index contributed by atoms with van der Waals surface area (Å²) in [7, 11) is 3.41. The lowest BCUT2D eigenvalue weighted by atomic mass is 9.98. The van der Waals surface area contributed by atoms with E-state index < -0.39 is 0 Å². The zero-order chi connectivity index (χ0) is 29.0. The van der Waals surface area contributed by atoms with E-state index >= 15 is 0 Å². The van der Waals surface area contributed by atoms with E-state index in [1.54, 1.807) is 25.6 Å². The Kier molecular flexibility index (Phi) is 9.15. The Morgan fingerprint density at radius 3 is 2.80 bits per heavy atom. The minimum Gasteiger partial charge on any atom is -0.383 e. The molecule has 2 saturated heterocycles. The Bertz CT molecular complexity index is 1290. The number of carbonyl (C=O) groups excluding carboxylic acids is 1. The average molecular weight is 582 g/mol. The number of nitrogens with zero attached hydrogens (tertiary/aromatic N) is 3. The van der Waals surface area contributed by atoms with Crippen LogP contribution >= 0.6 is 11.3 Å². The Morgan fingerprint density at radius 2 is 2.10 bits per heavy atom. The van der Waals surface area contributed by atoms with Crippen LogP contribution in [0.1, 0.15) is 54.7 Å². The van der Waals surface area contributed by atoms with Crippen LogP contribution in [-0.4, -0.2) is 87.2 Å². The summed E-state index contributed by atoms with van der Waals surface area (Å²) in [6.07, 6.45) is 5.00. The summed E-state index contributed by atoms with van der Waals surface area (Å²) in [5.41, 5.74) is 5.31. The second-order valence-electron chi connectivity index (χ2n) is 11.6. The van der Waals surface area contributed by atoms with Gasteiger partial charge in [-0.1, -0.05) is 12.1 Å². The molecule has 2 unspecified atom stereocenters. The summed E-state index contributed by atoms with van der Waals surface area (Å²) in [6.45, 7) is 13.8. The zero-order valence-corrected chi connectivity index (χ0v) is 25.6. The van der Waals surface area contributed by atoms with E-state index in [1.165, 1.54) is 5.57 Å². The number of allylic oxidation sites excluding steroid dienone is 1. The molecule has 5 rings (SSSR count). The van der Waals surface area contributed by atoms with E-state index in [9.17, 15) is 4.79 Å². The molecule has 1 saturated carbocycles. The number of anilines is 2. The minimum atomic E-state index is -0.252. The average Bonchev–Trinajstić information content (AvgIpc) is 3.57. The molecule has 10 heteroatoms. The number of aromatic nitrogens is 1. The Morgan fingerprint density at radius 1 is 1.27 bits per heavy atom. The number of ether oxygens (including phenoxy) is 3. The van der Waals surface area contributed by atoms with Crippen molar-refractivity contribution in [2.75, 3.05) is 70.4 Å². The number of benzene rings is 1. The minimum absolute atomic E-state index is 0.130. The van der Waals surface area contributed by atoms with Crippen molar-refractivity contribution in [3.05, 3.63) is 58.6 Å². The quantitative estimate of drug-likeness (QED) is 0.279. The third-order valence-electron chi connectivity index (χ3n) is 8.42. The highest BCUT2D eigenvalue weighted by molar-refractivity contribution is 7.13. The van der Waals surface area contributed by atoms with Gasteiger partial charge in [-0.05, 0) is 56.4 Å². The van der Waals surface area contributed by atoms with Gasteiger partial charge in [0.2, 0.25) is 0 Å². The van der Waals surface area contributed by atoms with Gasteiger partial charge in [-0.2, -0.15) is 0 Å². The molecular formula is C31H43N5O4S. The van der Waals surface area contributed by atoms with Gasteiger partial charge in [0.05, 0.1) is 53.6 Å². The molecule has 2 N–H and O–H groups in total. The molecule has 0 spiro atoms. The van der Waals surface area contributed by atoms with Crippen molar-refractivity contribution in [3.63, 3.8) is 0 Å². The molecule has 2 atom stereocenters. The standard InChI is InChI=1S/C31H43N5O4S/c1-6-30(2)21-40-16-14-36(30)18-22-7-10-25(24(17-22)28(37)32-12-15-38-4)33-27(23-8-9-23)26-19-41-29(34-26)35-13-11-31(3,20-35)39-5/h6-7,10,17,19,33H,1,8-9,11-16,18,20-21H2,2-5H3,(H,32,37). The molecule has 1 aromatic carbocycles. The van der Waals surface area contributed by atoms with E-state index in [0.29, 0.717) is 38.5 Å². The van der Waals surface area contributed by atoms with E-state index in [-0.39, 0.29) is 17.0 Å². The van der Waals surface area contributed by atoms with Crippen LogP contribution in [0.4, 0.5) is 10.8 Å². The van der Waals surface area contributed by atoms with Crippen molar-refractivity contribution in [2.24, 2.45) is 0 Å². The number of rotatable bonds is 12. The first kappa shape index (κ1) is 29.7. The maximum atomic E-state index is 13.4. The number of methoxy groups -OCH3 is 2. The lowest BCUT2D eigenvalue weighted by Crippen LogP contribution is -2.53. The predicted molar refractivity (Wildman–Crippen MR) is 165 cm³/mol. The third-order valence-corrected chi connectivity index (χ3v) is 9.32. The van der Waals surface area contributed by atoms with E-state index in [4.69, 9.17) is 19.2 Å². The molecule has 9 nitrogen and oxygen atoms in total. The molecule has 41 heavy (non-hydrogen) atoms. The fourth-order valence-electron chi connectivity index (χ4n) is 5.39. The molecular weight excluding hydrogens is 538 g/mol. The van der Waals surface area contributed by atoms with Crippen molar-refractivity contribution in [1.82, 2.24) is 15.2 Å². The normalized spacial score (nSPS) is 24.4. The SMILES string of the molecule is C=CC1(C)COCCN1Cc1ccc(NC(=C2CC2)c2csc(N3CCC(C)(OC)C3)n2)c(C(=O)NCCOC)c1. The largest absolute Gasteiger partial charge is 0.383 e. The molecule has 0 bridgehead atoms. The lowest BCUT2D eigenvalue weighted by Gasteiger charge is -2.42. The second kappa shape index (κ2) is 12.6. The monoisotopic (exact) mass is 581 g/mol. The van der Waals surface area contributed by atoms with Crippen LogP contribution in [0.3, 0.4) is 0 Å². The van der Waals surface area contributed by atoms with Crippen molar-refractivity contribution in [1.29, 1.82) is 0 Å². The summed E-state index contributed by atoms with van der Waals surface area (Å²) < 4.78 is 16.6. The van der Waals surface area contributed by atoms with E-state index in [1.807, 2.05) is 18.2 Å². The molecule has 1 aromatic heterocycles. The summed E-state index contributed by atoms with van der Waals surface area (Å²) in [6, 6.07) is 6.12. The number of thiazole rings is 1. The van der Waals surface area contributed by atoms with Gasteiger partial charge in [0.15, 0.2) is 5.13 Å². The summed E-state index contributed by atoms with van der Waals surface area (Å²) >= 11 is 1.66. The first-order chi connectivity index (χ1) is 19.8. The number of hydrogen-bond acceptors (Lipinski definition) is 9. The topological polar surface area (TPSA) is 88.2 Å². The van der Waals surface area contributed by atoms with E-state index in [0.717, 1.165) is 66.7 Å².